The molecule has 1 heterocycles. The first-order valence-corrected chi connectivity index (χ1v) is 5.87. The Morgan fingerprint density at radius 3 is 2.67 bits per heavy atom. The van der Waals surface area contributed by atoms with Gasteiger partial charge in [-0.2, -0.15) is 0 Å². The van der Waals surface area contributed by atoms with Crippen LogP contribution in [-0.4, -0.2) is 33.8 Å². The minimum absolute atomic E-state index is 0.323. The van der Waals surface area contributed by atoms with Crippen molar-refractivity contribution >= 4 is 17.2 Å². The van der Waals surface area contributed by atoms with Crippen LogP contribution in [-0.2, 0) is 5.54 Å². The summed E-state index contributed by atoms with van der Waals surface area (Å²) in [5.74, 6) is 0. The molecule has 0 saturated carbocycles. The zero-order valence-electron chi connectivity index (χ0n) is 10.5. The average molecular weight is 247 g/mol. The van der Waals surface area contributed by atoms with E-state index < -0.39 is 11.6 Å². The number of para-hydroxylation sites is 1. The Morgan fingerprint density at radius 1 is 1.39 bits per heavy atom. The van der Waals surface area contributed by atoms with E-state index in [0.29, 0.717) is 5.56 Å². The fourth-order valence-corrected chi connectivity index (χ4v) is 2.16. The molecule has 1 aromatic heterocycles. The highest BCUT2D eigenvalue weighted by Crippen LogP contribution is 2.29. The lowest BCUT2D eigenvalue weighted by molar-refractivity contribution is 0.0123. The summed E-state index contributed by atoms with van der Waals surface area (Å²) in [6.45, 7) is 3.33. The number of aliphatic hydroxyl groups excluding tert-OH is 2. The third-order valence-electron chi connectivity index (χ3n) is 3.48. The van der Waals surface area contributed by atoms with Gasteiger partial charge in [-0.15, -0.1) is 0 Å². The van der Waals surface area contributed by atoms with Crippen LogP contribution in [0.2, 0.25) is 0 Å². The molecule has 18 heavy (non-hydrogen) atoms. The summed E-state index contributed by atoms with van der Waals surface area (Å²) in [7, 11) is 0. The number of aliphatic hydroxyl groups is 2. The zero-order valence-corrected chi connectivity index (χ0v) is 10.5. The van der Waals surface area contributed by atoms with E-state index in [2.05, 4.69) is 0 Å². The second-order valence-corrected chi connectivity index (χ2v) is 4.94. The molecule has 1 aromatic carbocycles. The Hall–Kier alpha value is -1.65. The van der Waals surface area contributed by atoms with Gasteiger partial charge in [-0.25, -0.2) is 0 Å². The molecule has 0 saturated heterocycles. The summed E-state index contributed by atoms with van der Waals surface area (Å²) in [5.41, 5.74) is 0.774. The first-order valence-electron chi connectivity index (χ1n) is 5.87. The summed E-state index contributed by atoms with van der Waals surface area (Å²) < 4.78 is 1.84. The van der Waals surface area contributed by atoms with Crippen molar-refractivity contribution in [1.82, 2.24) is 4.57 Å². The zero-order chi connectivity index (χ0) is 13.3. The molecule has 0 spiro atoms. The van der Waals surface area contributed by atoms with E-state index in [9.17, 15) is 9.90 Å². The van der Waals surface area contributed by atoms with Crippen LogP contribution in [0.15, 0.2) is 30.5 Å². The van der Waals surface area contributed by atoms with Gasteiger partial charge >= 0.3 is 0 Å². The van der Waals surface area contributed by atoms with Crippen molar-refractivity contribution in [1.29, 1.82) is 0 Å². The molecule has 0 aliphatic rings. The third-order valence-corrected chi connectivity index (χ3v) is 3.48. The van der Waals surface area contributed by atoms with Crippen molar-refractivity contribution in [2.75, 3.05) is 6.61 Å². The first kappa shape index (κ1) is 12.8. The second-order valence-electron chi connectivity index (χ2n) is 4.94. The second kappa shape index (κ2) is 4.55. The number of aldehydes is 1. The van der Waals surface area contributed by atoms with Crippen LogP contribution in [0.4, 0.5) is 0 Å². The maximum absolute atomic E-state index is 11.1. The molecule has 2 N–H and O–H groups in total. The highest BCUT2D eigenvalue weighted by Gasteiger charge is 2.30. The van der Waals surface area contributed by atoms with E-state index in [1.165, 1.54) is 0 Å². The quantitative estimate of drug-likeness (QED) is 0.806. The Labute approximate surface area is 105 Å². The van der Waals surface area contributed by atoms with Gasteiger partial charge in [-0.3, -0.25) is 4.79 Å². The number of hydrogen-bond donors (Lipinski definition) is 2. The Kier molecular flexibility index (Phi) is 3.24. The molecule has 4 heteroatoms. The van der Waals surface area contributed by atoms with Crippen LogP contribution in [0, 0.1) is 0 Å². The van der Waals surface area contributed by atoms with E-state index in [1.807, 2.05) is 42.7 Å². The van der Waals surface area contributed by atoms with Crippen LogP contribution in [0.5, 0.6) is 0 Å². The Balaban J connectivity index is 2.68. The first-order chi connectivity index (χ1) is 8.52. The maximum Gasteiger partial charge on any atom is 0.152 e. The highest BCUT2D eigenvalue weighted by atomic mass is 16.3. The fourth-order valence-electron chi connectivity index (χ4n) is 2.16. The van der Waals surface area contributed by atoms with Gasteiger partial charge in [0.15, 0.2) is 6.29 Å². The minimum Gasteiger partial charge on any atom is -0.394 e. The monoisotopic (exact) mass is 247 g/mol. The maximum atomic E-state index is 11.1. The SMILES string of the molecule is CC(C)([C@@H](O)CO)n1cc(C=O)c2ccccc21. The van der Waals surface area contributed by atoms with Crippen LogP contribution < -0.4 is 0 Å². The number of fused-ring (bicyclic) bond motifs is 1. The number of rotatable bonds is 4. The van der Waals surface area contributed by atoms with E-state index in [-0.39, 0.29) is 6.61 Å². The number of carbonyl (C=O) groups excluding carboxylic acids is 1. The third kappa shape index (κ3) is 1.83. The van der Waals surface area contributed by atoms with Gasteiger partial charge in [0.05, 0.1) is 18.2 Å². The van der Waals surface area contributed by atoms with Crippen molar-refractivity contribution in [3.63, 3.8) is 0 Å². The van der Waals surface area contributed by atoms with Crippen molar-refractivity contribution < 1.29 is 15.0 Å². The normalized spacial score (nSPS) is 13.8. The lowest BCUT2D eigenvalue weighted by Gasteiger charge is -2.32. The molecule has 1 atom stereocenters. The van der Waals surface area contributed by atoms with E-state index >= 15 is 0 Å². The highest BCUT2D eigenvalue weighted by molar-refractivity contribution is 5.97. The summed E-state index contributed by atoms with van der Waals surface area (Å²) in [6, 6.07) is 7.52. The predicted octanol–water partition coefficient (Wildman–Crippen LogP) is 1.54. The molecule has 0 bridgehead atoms. The Bertz CT molecular complexity index is 571. The Morgan fingerprint density at radius 2 is 2.06 bits per heavy atom. The smallest absolute Gasteiger partial charge is 0.152 e. The van der Waals surface area contributed by atoms with E-state index in [1.54, 1.807) is 6.20 Å². The summed E-state index contributed by atoms with van der Waals surface area (Å²) in [5, 5.41) is 19.9. The van der Waals surface area contributed by atoms with Crippen LogP contribution in [0.1, 0.15) is 24.2 Å². The molecule has 0 aliphatic carbocycles. The molecule has 0 fully saturated rings. The van der Waals surface area contributed by atoms with E-state index in [0.717, 1.165) is 17.2 Å². The molecule has 2 aromatic rings. The lowest BCUT2D eigenvalue weighted by Crippen LogP contribution is -2.41. The fraction of sp³-hybridized carbons (Fsp3) is 0.357. The topological polar surface area (TPSA) is 62.5 Å². The van der Waals surface area contributed by atoms with Gasteiger partial charge in [0, 0.05) is 22.7 Å². The van der Waals surface area contributed by atoms with Gasteiger partial charge in [-0.05, 0) is 19.9 Å². The number of nitrogens with zero attached hydrogens (tertiary/aromatic N) is 1. The predicted molar refractivity (Wildman–Crippen MR) is 69.7 cm³/mol. The molecular weight excluding hydrogens is 230 g/mol. The summed E-state index contributed by atoms with van der Waals surface area (Å²) >= 11 is 0. The number of benzene rings is 1. The molecule has 4 nitrogen and oxygen atoms in total. The number of aromatic nitrogens is 1. The molecule has 0 aliphatic heterocycles. The van der Waals surface area contributed by atoms with E-state index in [4.69, 9.17) is 5.11 Å². The molecule has 0 radical (unpaired) electrons. The van der Waals surface area contributed by atoms with Crippen molar-refractivity contribution in [3.05, 3.63) is 36.0 Å². The van der Waals surface area contributed by atoms with Crippen LogP contribution in [0.25, 0.3) is 10.9 Å². The van der Waals surface area contributed by atoms with Gasteiger partial charge in [0.2, 0.25) is 0 Å². The van der Waals surface area contributed by atoms with Crippen LogP contribution in [0.3, 0.4) is 0 Å². The molecule has 96 valence electrons. The van der Waals surface area contributed by atoms with Gasteiger partial charge < -0.3 is 14.8 Å². The molecular formula is C14H17NO3. The lowest BCUT2D eigenvalue weighted by atomic mass is 9.97. The minimum atomic E-state index is -0.896. The average Bonchev–Trinajstić information content (AvgIpc) is 2.77. The van der Waals surface area contributed by atoms with Crippen molar-refractivity contribution in [2.24, 2.45) is 0 Å². The molecule has 0 amide bonds. The summed E-state index contributed by atoms with van der Waals surface area (Å²) in [4.78, 5) is 11.1. The number of hydrogen-bond acceptors (Lipinski definition) is 3. The van der Waals surface area contributed by atoms with Gasteiger partial charge in [0.25, 0.3) is 0 Å². The van der Waals surface area contributed by atoms with Gasteiger partial charge in [0.1, 0.15) is 0 Å². The molecule has 2 rings (SSSR count). The van der Waals surface area contributed by atoms with Crippen LogP contribution >= 0.6 is 0 Å². The summed E-state index contributed by atoms with van der Waals surface area (Å²) in [6.07, 6.45) is 1.63. The van der Waals surface area contributed by atoms with Gasteiger partial charge in [-0.1, -0.05) is 18.2 Å². The standard InChI is InChI=1S/C14H17NO3/c1-14(2,13(18)9-17)15-7-10(8-16)11-5-3-4-6-12(11)15/h3-8,13,17-18H,9H2,1-2H3/t13-/m0/s1. The largest absolute Gasteiger partial charge is 0.394 e. The molecule has 0 unspecified atom stereocenters. The van der Waals surface area contributed by atoms with Crippen molar-refractivity contribution in [3.8, 4) is 0 Å². The number of carbonyl (C=O) groups is 1. The van der Waals surface area contributed by atoms with Crippen molar-refractivity contribution in [2.45, 2.75) is 25.5 Å².